The van der Waals surface area contributed by atoms with Gasteiger partial charge in [0.05, 0.1) is 5.56 Å². The summed E-state index contributed by atoms with van der Waals surface area (Å²) in [4.78, 5) is 0. The fraction of sp³-hybridized carbons (Fsp3) is 0.0909. The van der Waals surface area contributed by atoms with Crippen molar-refractivity contribution < 1.29 is 23.2 Å². The molecule has 0 heterocycles. The van der Waals surface area contributed by atoms with Crippen LogP contribution in [-0.4, -0.2) is 17.2 Å². The van der Waals surface area contributed by atoms with Crippen LogP contribution in [0, 0.1) is 0 Å². The summed E-state index contributed by atoms with van der Waals surface area (Å²) in [6.45, 7) is 0. The maximum absolute atomic E-state index is 12.6. The highest BCUT2D eigenvalue weighted by molar-refractivity contribution is 6.62. The van der Waals surface area contributed by atoms with E-state index in [-0.39, 0.29) is 5.46 Å². The van der Waals surface area contributed by atoms with Crippen LogP contribution in [0.4, 0.5) is 13.2 Å². The van der Waals surface area contributed by atoms with E-state index in [0.29, 0.717) is 10.8 Å². The van der Waals surface area contributed by atoms with Crippen molar-refractivity contribution in [1.82, 2.24) is 0 Å². The van der Waals surface area contributed by atoms with Crippen molar-refractivity contribution in [2.45, 2.75) is 6.18 Å². The summed E-state index contributed by atoms with van der Waals surface area (Å²) in [5, 5.41) is 18.9. The third-order valence-corrected chi connectivity index (χ3v) is 2.50. The van der Waals surface area contributed by atoms with E-state index in [1.807, 2.05) is 0 Å². The van der Waals surface area contributed by atoms with E-state index in [4.69, 9.17) is 10.0 Å². The van der Waals surface area contributed by atoms with E-state index >= 15 is 0 Å². The Labute approximate surface area is 95.5 Å². The molecule has 0 amide bonds. The largest absolute Gasteiger partial charge is 0.489 e. The molecule has 88 valence electrons. The van der Waals surface area contributed by atoms with Crippen LogP contribution in [-0.2, 0) is 6.18 Å². The minimum absolute atomic E-state index is 0.143. The Morgan fingerprint density at radius 2 is 1.65 bits per heavy atom. The van der Waals surface area contributed by atoms with Gasteiger partial charge >= 0.3 is 13.3 Å². The number of rotatable bonds is 1. The third kappa shape index (κ3) is 2.27. The number of halogens is 3. The summed E-state index contributed by atoms with van der Waals surface area (Å²) in [5.41, 5.74) is -1.03. The van der Waals surface area contributed by atoms with Gasteiger partial charge < -0.3 is 10.0 Å². The van der Waals surface area contributed by atoms with Crippen LogP contribution in [0.1, 0.15) is 5.56 Å². The predicted octanol–water partition coefficient (Wildman–Crippen LogP) is 1.54. The maximum atomic E-state index is 12.6. The molecule has 0 atom stereocenters. The normalized spacial score (nSPS) is 11.8. The van der Waals surface area contributed by atoms with Crippen LogP contribution in [0.2, 0.25) is 0 Å². The van der Waals surface area contributed by atoms with Crippen molar-refractivity contribution in [3.05, 3.63) is 42.0 Å². The van der Waals surface area contributed by atoms with Crippen LogP contribution >= 0.6 is 0 Å². The first-order valence-electron chi connectivity index (χ1n) is 4.85. The first-order chi connectivity index (χ1) is 7.89. The second-order valence-corrected chi connectivity index (χ2v) is 3.66. The minimum Gasteiger partial charge on any atom is -0.423 e. The molecule has 0 aliphatic rings. The fourth-order valence-corrected chi connectivity index (χ4v) is 1.72. The molecule has 0 aliphatic heterocycles. The number of benzene rings is 2. The minimum atomic E-state index is -4.51. The van der Waals surface area contributed by atoms with Gasteiger partial charge in [0.2, 0.25) is 0 Å². The lowest BCUT2D eigenvalue weighted by molar-refractivity contribution is -0.137. The number of hydrogen-bond acceptors (Lipinski definition) is 2. The van der Waals surface area contributed by atoms with Gasteiger partial charge in [0.1, 0.15) is 0 Å². The van der Waals surface area contributed by atoms with Crippen molar-refractivity contribution in [1.29, 1.82) is 0 Å². The van der Waals surface area contributed by atoms with Gasteiger partial charge in [-0.05, 0) is 28.4 Å². The van der Waals surface area contributed by atoms with Gasteiger partial charge in [0.15, 0.2) is 0 Å². The van der Waals surface area contributed by atoms with E-state index in [1.54, 1.807) is 18.2 Å². The van der Waals surface area contributed by atoms with Gasteiger partial charge in [0, 0.05) is 0 Å². The molecule has 6 heteroatoms. The second-order valence-electron chi connectivity index (χ2n) is 3.66. The van der Waals surface area contributed by atoms with Gasteiger partial charge in [-0.15, -0.1) is 0 Å². The Morgan fingerprint density at radius 3 is 2.24 bits per heavy atom. The molecule has 0 aromatic heterocycles. The number of alkyl halides is 3. The Hall–Kier alpha value is -1.53. The van der Waals surface area contributed by atoms with Crippen LogP contribution in [0.15, 0.2) is 36.4 Å². The standard InChI is InChI=1S/C11H8BF3O2/c13-11(14,15)8-5-7-3-1-2-4-9(7)10(6-8)12(16)17/h1-6,16-17H. The topological polar surface area (TPSA) is 40.5 Å². The first kappa shape index (κ1) is 11.9. The summed E-state index contributed by atoms with van der Waals surface area (Å²) < 4.78 is 37.8. The van der Waals surface area contributed by atoms with E-state index in [0.717, 1.165) is 12.1 Å². The molecule has 2 aromatic rings. The van der Waals surface area contributed by atoms with E-state index in [2.05, 4.69) is 0 Å². The highest BCUT2D eigenvalue weighted by Gasteiger charge is 2.32. The fourth-order valence-electron chi connectivity index (χ4n) is 1.72. The average molecular weight is 240 g/mol. The Morgan fingerprint density at radius 1 is 1.00 bits per heavy atom. The SMILES string of the molecule is OB(O)c1cc(C(F)(F)F)cc2ccccc12. The zero-order chi connectivity index (χ0) is 12.6. The zero-order valence-corrected chi connectivity index (χ0v) is 8.57. The van der Waals surface area contributed by atoms with Gasteiger partial charge in [-0.3, -0.25) is 0 Å². The molecule has 0 radical (unpaired) electrons. The molecule has 0 saturated heterocycles. The summed E-state index contributed by atoms with van der Waals surface area (Å²) in [6.07, 6.45) is -4.51. The molecule has 0 bridgehead atoms. The summed E-state index contributed by atoms with van der Waals surface area (Å²) in [5.74, 6) is 0. The zero-order valence-electron chi connectivity index (χ0n) is 8.57. The lowest BCUT2D eigenvalue weighted by Gasteiger charge is -2.12. The van der Waals surface area contributed by atoms with Crippen LogP contribution < -0.4 is 5.46 Å². The van der Waals surface area contributed by atoms with E-state index in [9.17, 15) is 13.2 Å². The summed E-state index contributed by atoms with van der Waals surface area (Å²) in [6, 6.07) is 8.01. The van der Waals surface area contributed by atoms with Crippen molar-refractivity contribution in [2.24, 2.45) is 0 Å². The highest BCUT2D eigenvalue weighted by Crippen LogP contribution is 2.30. The lowest BCUT2D eigenvalue weighted by Crippen LogP contribution is -2.31. The highest BCUT2D eigenvalue weighted by atomic mass is 19.4. The number of fused-ring (bicyclic) bond motifs is 1. The van der Waals surface area contributed by atoms with E-state index in [1.165, 1.54) is 6.07 Å². The smallest absolute Gasteiger partial charge is 0.423 e. The Bertz CT molecular complexity index is 552. The summed E-state index contributed by atoms with van der Waals surface area (Å²) >= 11 is 0. The van der Waals surface area contributed by atoms with Gasteiger partial charge in [-0.2, -0.15) is 13.2 Å². The average Bonchev–Trinajstić information content (AvgIpc) is 2.26. The molecule has 17 heavy (non-hydrogen) atoms. The first-order valence-corrected chi connectivity index (χ1v) is 4.85. The molecular weight excluding hydrogens is 232 g/mol. The molecule has 2 aromatic carbocycles. The molecule has 2 rings (SSSR count). The number of hydrogen-bond donors (Lipinski definition) is 2. The molecular formula is C11H8BF3O2. The molecule has 0 unspecified atom stereocenters. The third-order valence-electron chi connectivity index (χ3n) is 2.50. The second kappa shape index (κ2) is 4.05. The van der Waals surface area contributed by atoms with Crippen molar-refractivity contribution in [3.8, 4) is 0 Å². The van der Waals surface area contributed by atoms with Crippen molar-refractivity contribution in [3.63, 3.8) is 0 Å². The van der Waals surface area contributed by atoms with Crippen LogP contribution in [0.5, 0.6) is 0 Å². The maximum Gasteiger partial charge on any atom is 0.489 e. The van der Waals surface area contributed by atoms with Gasteiger partial charge in [0.25, 0.3) is 0 Å². The summed E-state index contributed by atoms with van der Waals surface area (Å²) in [7, 11) is -1.93. The van der Waals surface area contributed by atoms with Gasteiger partial charge in [-0.1, -0.05) is 24.3 Å². The Balaban J connectivity index is 2.76. The monoisotopic (exact) mass is 240 g/mol. The van der Waals surface area contributed by atoms with Gasteiger partial charge in [-0.25, -0.2) is 0 Å². The molecule has 0 fully saturated rings. The molecule has 2 nitrogen and oxygen atoms in total. The van der Waals surface area contributed by atoms with Crippen molar-refractivity contribution >= 4 is 23.4 Å². The molecule has 0 spiro atoms. The molecule has 0 aliphatic carbocycles. The van der Waals surface area contributed by atoms with Crippen LogP contribution in [0.25, 0.3) is 10.8 Å². The quantitative estimate of drug-likeness (QED) is 0.742. The lowest BCUT2D eigenvalue weighted by atomic mass is 9.76. The van der Waals surface area contributed by atoms with Crippen LogP contribution in [0.3, 0.4) is 0 Å². The Kier molecular flexibility index (Phi) is 2.85. The van der Waals surface area contributed by atoms with E-state index < -0.39 is 18.9 Å². The molecule has 2 N–H and O–H groups in total. The predicted molar refractivity (Wildman–Crippen MR) is 58.8 cm³/mol. The molecule has 0 saturated carbocycles. The van der Waals surface area contributed by atoms with Crippen molar-refractivity contribution in [2.75, 3.05) is 0 Å².